The summed E-state index contributed by atoms with van der Waals surface area (Å²) in [6.07, 6.45) is 2.21. The molecule has 0 spiro atoms. The molecule has 0 radical (unpaired) electrons. The highest BCUT2D eigenvalue weighted by atomic mass is 79.9. The molecule has 0 aliphatic heterocycles. The zero-order valence-corrected chi connectivity index (χ0v) is 7.20. The Morgan fingerprint density at radius 1 is 1.44 bits per heavy atom. The molecule has 0 aromatic carbocycles. The molecular formula is C7H12BrF. The van der Waals surface area contributed by atoms with E-state index in [2.05, 4.69) is 22.9 Å². The van der Waals surface area contributed by atoms with Gasteiger partial charge in [0.15, 0.2) is 0 Å². The molecule has 1 aliphatic rings. The first-order valence-electron chi connectivity index (χ1n) is 3.48. The predicted octanol–water partition coefficient (Wildman–Crippen LogP) is 2.91. The SMILES string of the molecule is CC1CCC(F)[C@@H](Br)C1. The number of halogens is 2. The van der Waals surface area contributed by atoms with E-state index in [4.69, 9.17) is 0 Å². The van der Waals surface area contributed by atoms with Crippen molar-refractivity contribution in [1.29, 1.82) is 0 Å². The molecule has 0 nitrogen and oxygen atoms in total. The maximum absolute atomic E-state index is 12.7. The van der Waals surface area contributed by atoms with E-state index in [-0.39, 0.29) is 4.83 Å². The van der Waals surface area contributed by atoms with Crippen LogP contribution in [0.3, 0.4) is 0 Å². The Morgan fingerprint density at radius 2 is 2.11 bits per heavy atom. The highest BCUT2D eigenvalue weighted by Gasteiger charge is 2.25. The average molecular weight is 195 g/mol. The Bertz CT molecular complexity index is 94.9. The van der Waals surface area contributed by atoms with Gasteiger partial charge in [0.05, 0.1) is 0 Å². The van der Waals surface area contributed by atoms with Gasteiger partial charge in [-0.2, -0.15) is 0 Å². The Kier molecular flexibility index (Phi) is 2.50. The van der Waals surface area contributed by atoms with Crippen LogP contribution in [0.4, 0.5) is 4.39 Å². The smallest absolute Gasteiger partial charge is 0.113 e. The largest absolute Gasteiger partial charge is 0.246 e. The van der Waals surface area contributed by atoms with Gasteiger partial charge in [-0.15, -0.1) is 0 Å². The summed E-state index contributed by atoms with van der Waals surface area (Å²) in [5.74, 6) is 0.710. The van der Waals surface area contributed by atoms with Crippen molar-refractivity contribution in [2.45, 2.75) is 37.2 Å². The lowest BCUT2D eigenvalue weighted by Gasteiger charge is -2.25. The summed E-state index contributed by atoms with van der Waals surface area (Å²) in [4.78, 5) is 0.126. The van der Waals surface area contributed by atoms with Crippen LogP contribution >= 0.6 is 15.9 Å². The van der Waals surface area contributed by atoms with Crippen LogP contribution in [0.1, 0.15) is 26.2 Å². The molecule has 1 fully saturated rings. The van der Waals surface area contributed by atoms with Crippen molar-refractivity contribution in [3.8, 4) is 0 Å². The summed E-state index contributed by atoms with van der Waals surface area (Å²) >= 11 is 3.32. The van der Waals surface area contributed by atoms with Crippen LogP contribution in [0.15, 0.2) is 0 Å². The van der Waals surface area contributed by atoms with E-state index in [1.165, 1.54) is 0 Å². The normalized spacial score (nSPS) is 45.0. The molecule has 3 atom stereocenters. The standard InChI is InChI=1S/C7H12BrF/c1-5-2-3-7(9)6(8)4-5/h5-7H,2-4H2,1H3/t5?,6-,7?/m0/s1. The molecule has 0 aromatic heterocycles. The first-order chi connectivity index (χ1) is 4.20. The molecule has 0 amide bonds. The van der Waals surface area contributed by atoms with Crippen molar-refractivity contribution in [3.05, 3.63) is 0 Å². The topological polar surface area (TPSA) is 0 Å². The van der Waals surface area contributed by atoms with E-state index < -0.39 is 6.17 Å². The maximum atomic E-state index is 12.7. The Hall–Kier alpha value is 0.410. The predicted molar refractivity (Wildman–Crippen MR) is 40.6 cm³/mol. The molecule has 0 bridgehead atoms. The van der Waals surface area contributed by atoms with E-state index in [1.54, 1.807) is 0 Å². The van der Waals surface area contributed by atoms with E-state index in [1.807, 2.05) is 0 Å². The molecule has 0 saturated heterocycles. The van der Waals surface area contributed by atoms with Crippen LogP contribution in [0.5, 0.6) is 0 Å². The lowest BCUT2D eigenvalue weighted by atomic mass is 9.90. The van der Waals surface area contributed by atoms with Gasteiger partial charge in [0, 0.05) is 4.83 Å². The summed E-state index contributed by atoms with van der Waals surface area (Å²) < 4.78 is 12.7. The van der Waals surface area contributed by atoms with Gasteiger partial charge in [-0.3, -0.25) is 0 Å². The molecule has 1 saturated carbocycles. The van der Waals surface area contributed by atoms with Crippen LogP contribution in [0.25, 0.3) is 0 Å². The monoisotopic (exact) mass is 194 g/mol. The van der Waals surface area contributed by atoms with Crippen molar-refractivity contribution in [1.82, 2.24) is 0 Å². The molecule has 0 N–H and O–H groups in total. The summed E-state index contributed by atoms with van der Waals surface area (Å²) in [6, 6.07) is 0. The summed E-state index contributed by atoms with van der Waals surface area (Å²) in [5.41, 5.74) is 0. The second-order valence-electron chi connectivity index (χ2n) is 2.95. The average Bonchev–Trinajstić information content (AvgIpc) is 1.80. The van der Waals surface area contributed by atoms with Crippen molar-refractivity contribution >= 4 is 15.9 Å². The lowest BCUT2D eigenvalue weighted by Crippen LogP contribution is -2.24. The highest BCUT2D eigenvalue weighted by Crippen LogP contribution is 2.30. The number of hydrogen-bond donors (Lipinski definition) is 0. The third-order valence-electron chi connectivity index (χ3n) is 1.96. The number of alkyl halides is 2. The zero-order valence-electron chi connectivity index (χ0n) is 5.61. The molecule has 9 heavy (non-hydrogen) atoms. The van der Waals surface area contributed by atoms with Crippen LogP contribution in [0.2, 0.25) is 0 Å². The minimum atomic E-state index is -0.596. The molecule has 54 valence electrons. The van der Waals surface area contributed by atoms with E-state index >= 15 is 0 Å². The van der Waals surface area contributed by atoms with E-state index in [0.717, 1.165) is 19.3 Å². The van der Waals surface area contributed by atoms with Crippen molar-refractivity contribution in [2.75, 3.05) is 0 Å². The fraction of sp³-hybridized carbons (Fsp3) is 1.00. The maximum Gasteiger partial charge on any atom is 0.113 e. The highest BCUT2D eigenvalue weighted by molar-refractivity contribution is 9.09. The Labute approximate surface area is 64.0 Å². The van der Waals surface area contributed by atoms with Crippen molar-refractivity contribution < 1.29 is 4.39 Å². The van der Waals surface area contributed by atoms with Gasteiger partial charge in [0.25, 0.3) is 0 Å². The molecule has 0 aromatic rings. The van der Waals surface area contributed by atoms with Gasteiger partial charge < -0.3 is 0 Å². The third kappa shape index (κ3) is 1.92. The molecule has 1 rings (SSSR count). The Morgan fingerprint density at radius 3 is 2.56 bits per heavy atom. The van der Waals surface area contributed by atoms with Gasteiger partial charge in [-0.05, 0) is 25.2 Å². The Balaban J connectivity index is 2.35. The molecule has 1 aliphatic carbocycles. The van der Waals surface area contributed by atoms with E-state index in [9.17, 15) is 4.39 Å². The molecule has 0 heterocycles. The minimum Gasteiger partial charge on any atom is -0.246 e. The first-order valence-corrected chi connectivity index (χ1v) is 4.40. The van der Waals surface area contributed by atoms with Gasteiger partial charge in [0.1, 0.15) is 6.17 Å². The van der Waals surface area contributed by atoms with Crippen LogP contribution < -0.4 is 0 Å². The summed E-state index contributed by atoms with van der Waals surface area (Å²) in [5, 5.41) is 0. The van der Waals surface area contributed by atoms with Crippen molar-refractivity contribution in [3.63, 3.8) is 0 Å². The molecule has 2 heteroatoms. The van der Waals surface area contributed by atoms with E-state index in [0.29, 0.717) is 5.92 Å². The van der Waals surface area contributed by atoms with Crippen LogP contribution in [-0.4, -0.2) is 11.0 Å². The third-order valence-corrected chi connectivity index (χ3v) is 2.90. The van der Waals surface area contributed by atoms with Gasteiger partial charge in [-0.1, -0.05) is 22.9 Å². The van der Waals surface area contributed by atoms with Gasteiger partial charge in [-0.25, -0.2) is 4.39 Å². The fourth-order valence-corrected chi connectivity index (χ4v) is 2.18. The van der Waals surface area contributed by atoms with Gasteiger partial charge in [0.2, 0.25) is 0 Å². The lowest BCUT2D eigenvalue weighted by molar-refractivity contribution is 0.227. The van der Waals surface area contributed by atoms with Crippen LogP contribution in [-0.2, 0) is 0 Å². The molecular weight excluding hydrogens is 183 g/mol. The second-order valence-corrected chi connectivity index (χ2v) is 4.13. The fourth-order valence-electron chi connectivity index (χ4n) is 1.27. The minimum absolute atomic E-state index is 0.126. The van der Waals surface area contributed by atoms with Crippen molar-refractivity contribution in [2.24, 2.45) is 5.92 Å². The second kappa shape index (κ2) is 3.00. The first kappa shape index (κ1) is 7.52. The summed E-state index contributed by atoms with van der Waals surface area (Å²) in [6.45, 7) is 2.18. The quantitative estimate of drug-likeness (QED) is 0.521. The van der Waals surface area contributed by atoms with Gasteiger partial charge >= 0.3 is 0 Å². The zero-order chi connectivity index (χ0) is 6.85. The molecule has 2 unspecified atom stereocenters. The van der Waals surface area contributed by atoms with Crippen LogP contribution in [0, 0.1) is 5.92 Å². The summed E-state index contributed by atoms with van der Waals surface area (Å²) in [7, 11) is 0. The number of rotatable bonds is 0. The number of hydrogen-bond acceptors (Lipinski definition) is 0.